The number of benzene rings is 1. The molecule has 0 aliphatic heterocycles. The maximum absolute atomic E-state index is 11.9. The minimum absolute atomic E-state index is 0.191. The standard InChI is InChI=1S/C14H18BrNO/c1-3-9-7-12(15)8-10(4-2)13(9)16-14(17)11-5-6-11/h7-8,11H,3-6H2,1-2H3,(H,16,17). The number of aryl methyl sites for hydroxylation is 2. The highest BCUT2D eigenvalue weighted by Gasteiger charge is 2.30. The molecule has 17 heavy (non-hydrogen) atoms. The van der Waals surface area contributed by atoms with E-state index in [1.54, 1.807) is 0 Å². The van der Waals surface area contributed by atoms with Crippen molar-refractivity contribution in [2.45, 2.75) is 39.5 Å². The number of hydrogen-bond acceptors (Lipinski definition) is 1. The van der Waals surface area contributed by atoms with Gasteiger partial charge in [-0.15, -0.1) is 0 Å². The van der Waals surface area contributed by atoms with E-state index in [0.29, 0.717) is 0 Å². The lowest BCUT2D eigenvalue weighted by Gasteiger charge is -2.15. The average Bonchev–Trinajstić information content (AvgIpc) is 3.14. The fourth-order valence-electron chi connectivity index (χ4n) is 2.01. The van der Waals surface area contributed by atoms with Gasteiger partial charge in [-0.2, -0.15) is 0 Å². The Morgan fingerprint density at radius 3 is 2.24 bits per heavy atom. The van der Waals surface area contributed by atoms with Crippen molar-refractivity contribution in [2.75, 3.05) is 5.32 Å². The monoisotopic (exact) mass is 295 g/mol. The molecule has 0 radical (unpaired) electrons. The van der Waals surface area contributed by atoms with Crippen molar-refractivity contribution in [3.63, 3.8) is 0 Å². The first-order chi connectivity index (χ1) is 8.15. The molecule has 0 unspecified atom stereocenters. The molecule has 0 saturated heterocycles. The van der Waals surface area contributed by atoms with Gasteiger partial charge >= 0.3 is 0 Å². The van der Waals surface area contributed by atoms with Crippen LogP contribution in [-0.4, -0.2) is 5.91 Å². The second-order valence-corrected chi connectivity index (χ2v) is 5.49. The van der Waals surface area contributed by atoms with E-state index in [2.05, 4.69) is 47.2 Å². The van der Waals surface area contributed by atoms with Gasteiger partial charge < -0.3 is 5.32 Å². The molecular weight excluding hydrogens is 278 g/mol. The number of amides is 1. The summed E-state index contributed by atoms with van der Waals surface area (Å²) in [6.07, 6.45) is 3.97. The Kier molecular flexibility index (Phi) is 3.87. The molecule has 1 aromatic rings. The highest BCUT2D eigenvalue weighted by atomic mass is 79.9. The molecule has 0 aromatic heterocycles. The molecule has 2 nitrogen and oxygen atoms in total. The van der Waals surface area contributed by atoms with Crippen LogP contribution in [0.15, 0.2) is 16.6 Å². The third-order valence-electron chi connectivity index (χ3n) is 3.22. The number of carbonyl (C=O) groups excluding carboxylic acids is 1. The fraction of sp³-hybridized carbons (Fsp3) is 0.500. The quantitative estimate of drug-likeness (QED) is 0.896. The molecule has 1 aliphatic carbocycles. The Hall–Kier alpha value is -0.830. The topological polar surface area (TPSA) is 29.1 Å². The number of nitrogens with one attached hydrogen (secondary N) is 1. The summed E-state index contributed by atoms with van der Waals surface area (Å²) in [4.78, 5) is 11.9. The van der Waals surface area contributed by atoms with Crippen molar-refractivity contribution in [1.29, 1.82) is 0 Å². The normalized spacial score (nSPS) is 14.8. The first-order valence-corrected chi connectivity index (χ1v) is 7.07. The molecule has 92 valence electrons. The lowest BCUT2D eigenvalue weighted by Crippen LogP contribution is -2.16. The molecule has 1 N–H and O–H groups in total. The van der Waals surface area contributed by atoms with Crippen LogP contribution in [0.2, 0.25) is 0 Å². The predicted octanol–water partition coefficient (Wildman–Crippen LogP) is 3.92. The Morgan fingerprint density at radius 1 is 1.29 bits per heavy atom. The summed E-state index contributed by atoms with van der Waals surface area (Å²) in [5, 5.41) is 3.11. The number of carbonyl (C=O) groups is 1. The smallest absolute Gasteiger partial charge is 0.227 e. The molecule has 0 atom stereocenters. The van der Waals surface area contributed by atoms with Crippen LogP contribution < -0.4 is 5.32 Å². The first-order valence-electron chi connectivity index (χ1n) is 6.27. The molecule has 1 fully saturated rings. The van der Waals surface area contributed by atoms with Crippen molar-refractivity contribution in [2.24, 2.45) is 5.92 Å². The van der Waals surface area contributed by atoms with Gasteiger partial charge in [0.2, 0.25) is 5.91 Å². The molecule has 2 rings (SSSR count). The minimum atomic E-state index is 0.191. The average molecular weight is 296 g/mol. The van der Waals surface area contributed by atoms with E-state index in [4.69, 9.17) is 0 Å². The molecule has 0 heterocycles. The van der Waals surface area contributed by atoms with Gasteiger partial charge in [0, 0.05) is 16.1 Å². The molecule has 1 aliphatic rings. The third kappa shape index (κ3) is 2.89. The van der Waals surface area contributed by atoms with E-state index in [-0.39, 0.29) is 11.8 Å². The Labute approximate surface area is 111 Å². The van der Waals surface area contributed by atoms with Gasteiger partial charge in [-0.3, -0.25) is 4.79 Å². The van der Waals surface area contributed by atoms with Gasteiger partial charge in [0.1, 0.15) is 0 Å². The van der Waals surface area contributed by atoms with E-state index < -0.39 is 0 Å². The predicted molar refractivity (Wildman–Crippen MR) is 74.3 cm³/mol. The van der Waals surface area contributed by atoms with E-state index in [9.17, 15) is 4.79 Å². The van der Waals surface area contributed by atoms with Crippen molar-refractivity contribution < 1.29 is 4.79 Å². The highest BCUT2D eigenvalue weighted by Crippen LogP contribution is 2.33. The Balaban J connectivity index is 2.31. The molecule has 1 saturated carbocycles. The van der Waals surface area contributed by atoms with E-state index >= 15 is 0 Å². The summed E-state index contributed by atoms with van der Waals surface area (Å²) in [7, 11) is 0. The van der Waals surface area contributed by atoms with Crippen LogP contribution in [0.4, 0.5) is 5.69 Å². The van der Waals surface area contributed by atoms with Gasteiger partial charge in [0.15, 0.2) is 0 Å². The van der Waals surface area contributed by atoms with E-state index in [0.717, 1.165) is 35.8 Å². The van der Waals surface area contributed by atoms with Gasteiger partial charge in [0.25, 0.3) is 0 Å². The van der Waals surface area contributed by atoms with Crippen LogP contribution in [0.3, 0.4) is 0 Å². The number of hydrogen-bond donors (Lipinski definition) is 1. The van der Waals surface area contributed by atoms with Crippen LogP contribution in [0, 0.1) is 5.92 Å². The molecule has 1 amide bonds. The molecule has 0 bridgehead atoms. The van der Waals surface area contributed by atoms with Gasteiger partial charge in [-0.05, 0) is 48.9 Å². The summed E-state index contributed by atoms with van der Waals surface area (Å²) in [6.45, 7) is 4.24. The van der Waals surface area contributed by atoms with Crippen molar-refractivity contribution >= 4 is 27.5 Å². The van der Waals surface area contributed by atoms with Crippen LogP contribution in [0.5, 0.6) is 0 Å². The molecule has 1 aromatic carbocycles. The van der Waals surface area contributed by atoms with Crippen molar-refractivity contribution in [1.82, 2.24) is 0 Å². The second kappa shape index (κ2) is 5.21. The van der Waals surface area contributed by atoms with Crippen LogP contribution in [0.25, 0.3) is 0 Å². The van der Waals surface area contributed by atoms with Crippen LogP contribution in [-0.2, 0) is 17.6 Å². The molecule has 3 heteroatoms. The third-order valence-corrected chi connectivity index (χ3v) is 3.68. The number of halogens is 1. The minimum Gasteiger partial charge on any atom is -0.325 e. The van der Waals surface area contributed by atoms with Crippen molar-refractivity contribution in [3.05, 3.63) is 27.7 Å². The van der Waals surface area contributed by atoms with Gasteiger partial charge in [-0.25, -0.2) is 0 Å². The van der Waals surface area contributed by atoms with Gasteiger partial charge in [0.05, 0.1) is 0 Å². The van der Waals surface area contributed by atoms with Gasteiger partial charge in [-0.1, -0.05) is 29.8 Å². The first kappa shape index (κ1) is 12.6. The largest absolute Gasteiger partial charge is 0.325 e. The maximum Gasteiger partial charge on any atom is 0.227 e. The summed E-state index contributed by atoms with van der Waals surface area (Å²) < 4.78 is 1.09. The summed E-state index contributed by atoms with van der Waals surface area (Å²) in [5.41, 5.74) is 3.46. The second-order valence-electron chi connectivity index (χ2n) is 4.57. The Bertz CT molecular complexity index is 413. The lowest BCUT2D eigenvalue weighted by molar-refractivity contribution is -0.117. The fourth-order valence-corrected chi connectivity index (χ4v) is 2.57. The van der Waals surface area contributed by atoms with E-state index in [1.807, 2.05) is 0 Å². The number of anilines is 1. The summed E-state index contributed by atoms with van der Waals surface area (Å²) in [6, 6.07) is 4.20. The zero-order chi connectivity index (χ0) is 12.4. The van der Waals surface area contributed by atoms with Crippen LogP contribution in [0.1, 0.15) is 37.8 Å². The summed E-state index contributed by atoms with van der Waals surface area (Å²) >= 11 is 3.52. The zero-order valence-electron chi connectivity index (χ0n) is 10.3. The highest BCUT2D eigenvalue weighted by molar-refractivity contribution is 9.10. The van der Waals surface area contributed by atoms with E-state index in [1.165, 1.54) is 11.1 Å². The molecule has 0 spiro atoms. The zero-order valence-corrected chi connectivity index (χ0v) is 11.9. The SMILES string of the molecule is CCc1cc(Br)cc(CC)c1NC(=O)C1CC1. The van der Waals surface area contributed by atoms with Crippen LogP contribution >= 0.6 is 15.9 Å². The lowest BCUT2D eigenvalue weighted by atomic mass is 10.0. The summed E-state index contributed by atoms with van der Waals surface area (Å²) in [5.74, 6) is 0.449. The molecular formula is C14H18BrNO. The van der Waals surface area contributed by atoms with Crippen molar-refractivity contribution in [3.8, 4) is 0 Å². The Morgan fingerprint density at radius 2 is 1.82 bits per heavy atom. The number of rotatable bonds is 4. The maximum atomic E-state index is 11.9.